The molecule has 0 spiro atoms. The minimum atomic E-state index is -1.11. The monoisotopic (exact) mass is 527 g/mol. The Morgan fingerprint density at radius 3 is 2.66 bits per heavy atom. The summed E-state index contributed by atoms with van der Waals surface area (Å²) in [5.41, 5.74) is 1.69. The van der Waals surface area contributed by atoms with Crippen molar-refractivity contribution in [2.75, 3.05) is 19.8 Å². The van der Waals surface area contributed by atoms with Crippen molar-refractivity contribution >= 4 is 23.0 Å². The molecule has 3 heterocycles. The summed E-state index contributed by atoms with van der Waals surface area (Å²) in [6.07, 6.45) is 8.20. The molecular formula is C27H34FN5O5. The lowest BCUT2D eigenvalue weighted by atomic mass is 9.85. The number of fused-ring (bicyclic) bond motifs is 1. The summed E-state index contributed by atoms with van der Waals surface area (Å²) in [6, 6.07) is 2.09. The average molecular weight is 528 g/mol. The maximum Gasteiger partial charge on any atom is 0.407 e. The molecule has 2 amide bonds. The van der Waals surface area contributed by atoms with Crippen LogP contribution in [0.25, 0.3) is 11.0 Å². The smallest absolute Gasteiger partial charge is 0.407 e. The minimum absolute atomic E-state index is 0.0743. The van der Waals surface area contributed by atoms with Crippen LogP contribution in [0.2, 0.25) is 0 Å². The van der Waals surface area contributed by atoms with E-state index >= 15 is 4.39 Å². The molecule has 5 rings (SSSR count). The van der Waals surface area contributed by atoms with Crippen molar-refractivity contribution in [2.45, 2.75) is 70.4 Å². The predicted molar refractivity (Wildman–Crippen MR) is 136 cm³/mol. The lowest BCUT2D eigenvalue weighted by molar-refractivity contribution is 0.0891. The van der Waals surface area contributed by atoms with Crippen molar-refractivity contribution in [3.8, 4) is 0 Å². The number of carbonyl (C=O) groups is 2. The van der Waals surface area contributed by atoms with Crippen molar-refractivity contribution in [1.82, 2.24) is 25.3 Å². The summed E-state index contributed by atoms with van der Waals surface area (Å²) < 4.78 is 26.5. The first-order valence-corrected chi connectivity index (χ1v) is 13.4. The number of carbonyl (C=O) groups excluding carboxylic acids is 1. The first-order chi connectivity index (χ1) is 18.4. The van der Waals surface area contributed by atoms with Gasteiger partial charge in [0.05, 0.1) is 29.9 Å². The van der Waals surface area contributed by atoms with Gasteiger partial charge in [0.2, 0.25) is 0 Å². The van der Waals surface area contributed by atoms with E-state index in [1.807, 2.05) is 0 Å². The Balaban J connectivity index is 1.51. The molecular weight excluding hydrogens is 493 g/mol. The number of nitrogens with zero attached hydrogens (tertiary/aromatic N) is 3. The number of nitrogens with one attached hydrogen (secondary N) is 2. The van der Waals surface area contributed by atoms with Crippen molar-refractivity contribution in [2.24, 2.45) is 5.92 Å². The van der Waals surface area contributed by atoms with E-state index in [2.05, 4.69) is 20.4 Å². The number of hydrogen-bond donors (Lipinski definition) is 3. The van der Waals surface area contributed by atoms with Crippen molar-refractivity contribution in [3.05, 3.63) is 46.9 Å². The van der Waals surface area contributed by atoms with Gasteiger partial charge in [-0.2, -0.15) is 0 Å². The number of imidazole rings is 1. The molecule has 38 heavy (non-hydrogen) atoms. The topological polar surface area (TPSA) is 134 Å². The zero-order chi connectivity index (χ0) is 26.6. The van der Waals surface area contributed by atoms with Crippen LogP contribution in [0.5, 0.6) is 0 Å². The largest absolute Gasteiger partial charge is 0.465 e. The van der Waals surface area contributed by atoms with Gasteiger partial charge in [-0.1, -0.05) is 43.3 Å². The lowest BCUT2D eigenvalue weighted by Gasteiger charge is -2.28. The molecule has 0 radical (unpaired) electrons. The van der Waals surface area contributed by atoms with E-state index in [1.54, 1.807) is 19.1 Å². The van der Waals surface area contributed by atoms with Gasteiger partial charge >= 0.3 is 6.09 Å². The fourth-order valence-corrected chi connectivity index (χ4v) is 5.71. The average Bonchev–Trinajstić information content (AvgIpc) is 3.42. The Labute approximate surface area is 219 Å². The van der Waals surface area contributed by atoms with Gasteiger partial charge in [-0.25, -0.2) is 14.2 Å². The van der Waals surface area contributed by atoms with Gasteiger partial charge in [0.15, 0.2) is 5.82 Å². The van der Waals surface area contributed by atoms with Crippen LogP contribution in [0, 0.1) is 18.7 Å². The minimum Gasteiger partial charge on any atom is -0.465 e. The zero-order valence-corrected chi connectivity index (χ0v) is 21.5. The summed E-state index contributed by atoms with van der Waals surface area (Å²) in [5, 5.41) is 16.7. The molecule has 1 aliphatic heterocycles. The molecule has 3 aromatic rings. The molecule has 2 unspecified atom stereocenters. The van der Waals surface area contributed by atoms with Gasteiger partial charge in [0.25, 0.3) is 5.91 Å². The Kier molecular flexibility index (Phi) is 7.92. The molecule has 0 bridgehead atoms. The van der Waals surface area contributed by atoms with Crippen LogP contribution in [-0.4, -0.2) is 56.9 Å². The number of H-pyrrole nitrogens is 1. The van der Waals surface area contributed by atoms with Gasteiger partial charge < -0.3 is 24.7 Å². The maximum absolute atomic E-state index is 15.9. The van der Waals surface area contributed by atoms with Crippen LogP contribution >= 0.6 is 0 Å². The predicted octanol–water partition coefficient (Wildman–Crippen LogP) is 5.27. The van der Waals surface area contributed by atoms with E-state index in [0.717, 1.165) is 38.5 Å². The molecule has 11 heteroatoms. The van der Waals surface area contributed by atoms with E-state index in [1.165, 1.54) is 17.6 Å². The van der Waals surface area contributed by atoms with E-state index in [0.29, 0.717) is 35.6 Å². The number of ether oxygens (including phenoxy) is 1. The number of amides is 2. The maximum atomic E-state index is 15.9. The molecule has 1 saturated heterocycles. The summed E-state index contributed by atoms with van der Waals surface area (Å²) in [7, 11) is 0. The third-order valence-corrected chi connectivity index (χ3v) is 7.78. The molecule has 3 N–H and O–H groups in total. The van der Waals surface area contributed by atoms with E-state index in [-0.39, 0.29) is 36.1 Å². The van der Waals surface area contributed by atoms with Gasteiger partial charge in [-0.3, -0.25) is 9.69 Å². The van der Waals surface area contributed by atoms with Crippen LogP contribution in [0.3, 0.4) is 0 Å². The zero-order valence-electron chi connectivity index (χ0n) is 21.5. The summed E-state index contributed by atoms with van der Waals surface area (Å²) >= 11 is 0. The molecule has 2 aromatic heterocycles. The van der Waals surface area contributed by atoms with Crippen LogP contribution in [0.15, 0.2) is 22.9 Å². The molecule has 2 atom stereocenters. The molecule has 1 aliphatic carbocycles. The third-order valence-electron chi connectivity index (χ3n) is 7.78. The van der Waals surface area contributed by atoms with Crippen molar-refractivity contribution in [1.29, 1.82) is 0 Å². The highest BCUT2D eigenvalue weighted by Gasteiger charge is 2.33. The van der Waals surface area contributed by atoms with E-state index in [9.17, 15) is 14.7 Å². The Morgan fingerprint density at radius 1 is 1.18 bits per heavy atom. The Bertz CT molecular complexity index is 1280. The third kappa shape index (κ3) is 5.38. The van der Waals surface area contributed by atoms with Gasteiger partial charge in [0.1, 0.15) is 23.2 Å². The standard InChI is InChI=1S/C27H34FN5O5/c1-16-19(14-38-32-16)26(34)31-23(17-8-5-3-2-4-6-9-17)25-29-20-11-10-18(22(28)24(20)30-25)21-15-37-13-7-12-33(21)27(35)36/h10-11,14,17,21,23H,2-9,12-13,15H2,1H3,(H,29,30)(H,31,34)(H,35,36). The Hall–Kier alpha value is -3.47. The quantitative estimate of drug-likeness (QED) is 0.411. The second kappa shape index (κ2) is 11.5. The van der Waals surface area contributed by atoms with E-state index in [4.69, 9.17) is 9.26 Å². The fraction of sp³-hybridized carbons (Fsp3) is 0.556. The highest BCUT2D eigenvalue weighted by molar-refractivity contribution is 5.95. The first kappa shape index (κ1) is 26.1. The molecule has 1 saturated carbocycles. The van der Waals surface area contributed by atoms with E-state index < -0.39 is 24.0 Å². The molecule has 2 aliphatic rings. The lowest BCUT2D eigenvalue weighted by Crippen LogP contribution is -2.35. The second-order valence-electron chi connectivity index (χ2n) is 10.3. The SMILES string of the molecule is Cc1nocc1C(=O)NC(c1nc2c(F)c(C3COCCCN3C(=O)O)ccc2[nH]1)C1CCCCCCC1. The highest BCUT2D eigenvalue weighted by atomic mass is 19.1. The number of benzene rings is 1. The first-order valence-electron chi connectivity index (χ1n) is 13.4. The van der Waals surface area contributed by atoms with Gasteiger partial charge in [-0.15, -0.1) is 0 Å². The van der Waals surface area contributed by atoms with Crippen molar-refractivity contribution in [3.63, 3.8) is 0 Å². The number of hydrogen-bond acceptors (Lipinski definition) is 6. The summed E-state index contributed by atoms with van der Waals surface area (Å²) in [5.74, 6) is -0.286. The van der Waals surface area contributed by atoms with Gasteiger partial charge in [0, 0.05) is 18.7 Å². The number of aromatic amines is 1. The van der Waals surface area contributed by atoms with Gasteiger partial charge in [-0.05, 0) is 38.2 Å². The second-order valence-corrected chi connectivity index (χ2v) is 10.3. The van der Waals surface area contributed by atoms with Crippen LogP contribution in [-0.2, 0) is 4.74 Å². The summed E-state index contributed by atoms with van der Waals surface area (Å²) in [4.78, 5) is 34.2. The fourth-order valence-electron chi connectivity index (χ4n) is 5.71. The number of carboxylic acid groups (broad SMARTS) is 1. The van der Waals surface area contributed by atoms with Crippen LogP contribution in [0.1, 0.15) is 90.9 Å². The number of rotatable bonds is 5. The number of halogens is 1. The number of aromatic nitrogens is 3. The number of aryl methyl sites for hydroxylation is 1. The molecule has 2 fully saturated rings. The molecule has 204 valence electrons. The highest BCUT2D eigenvalue weighted by Crippen LogP contribution is 2.35. The van der Waals surface area contributed by atoms with Crippen LogP contribution < -0.4 is 5.32 Å². The molecule has 1 aromatic carbocycles. The van der Waals surface area contributed by atoms with Crippen LogP contribution in [0.4, 0.5) is 9.18 Å². The summed E-state index contributed by atoms with van der Waals surface area (Å²) in [6.45, 7) is 2.47. The van der Waals surface area contributed by atoms with Crippen molar-refractivity contribution < 1.29 is 28.3 Å². The molecule has 10 nitrogen and oxygen atoms in total. The Morgan fingerprint density at radius 2 is 1.95 bits per heavy atom. The normalized spacial score (nSPS) is 20.5.